The van der Waals surface area contributed by atoms with Crippen LogP contribution < -0.4 is 10.6 Å². The average molecular weight is 272 g/mol. The lowest BCUT2D eigenvalue weighted by Crippen LogP contribution is -2.39. The van der Waals surface area contributed by atoms with Gasteiger partial charge in [-0.15, -0.1) is 0 Å². The van der Waals surface area contributed by atoms with Gasteiger partial charge in [-0.05, 0) is 45.5 Å². The van der Waals surface area contributed by atoms with E-state index in [0.717, 1.165) is 37.3 Å². The van der Waals surface area contributed by atoms with Crippen LogP contribution in [0.3, 0.4) is 0 Å². The molecule has 1 rings (SSSR count). The molecule has 1 fully saturated rings. The quantitative estimate of drug-likeness (QED) is 0.434. The molecule has 1 aliphatic rings. The van der Waals surface area contributed by atoms with E-state index in [4.69, 9.17) is 4.99 Å². The Hall–Kier alpha value is -0.420. The summed E-state index contributed by atoms with van der Waals surface area (Å²) in [5, 5.41) is 6.69. The van der Waals surface area contributed by atoms with E-state index in [0.29, 0.717) is 0 Å². The van der Waals surface area contributed by atoms with Crippen LogP contribution >= 0.6 is 11.8 Å². The molecule has 1 saturated heterocycles. The Morgan fingerprint density at radius 1 is 1.44 bits per heavy atom. The van der Waals surface area contributed by atoms with Crippen molar-refractivity contribution in [3.05, 3.63) is 0 Å². The van der Waals surface area contributed by atoms with Crippen LogP contribution in [-0.2, 0) is 0 Å². The highest BCUT2D eigenvalue weighted by molar-refractivity contribution is 7.98. The van der Waals surface area contributed by atoms with Gasteiger partial charge in [0, 0.05) is 31.9 Å². The van der Waals surface area contributed by atoms with Gasteiger partial charge in [-0.1, -0.05) is 0 Å². The number of piperidine rings is 1. The summed E-state index contributed by atoms with van der Waals surface area (Å²) >= 11 is 1.86. The van der Waals surface area contributed by atoms with Gasteiger partial charge in [0.25, 0.3) is 0 Å². The molecular formula is C13H28N4S. The van der Waals surface area contributed by atoms with Gasteiger partial charge in [0.05, 0.1) is 0 Å². The molecule has 1 heterocycles. The van der Waals surface area contributed by atoms with Crippen molar-refractivity contribution in [3.8, 4) is 0 Å². The van der Waals surface area contributed by atoms with Gasteiger partial charge in [-0.3, -0.25) is 4.99 Å². The van der Waals surface area contributed by atoms with Crippen LogP contribution in [0.2, 0.25) is 0 Å². The van der Waals surface area contributed by atoms with Crippen LogP contribution in [0, 0.1) is 5.92 Å². The molecule has 0 saturated carbocycles. The van der Waals surface area contributed by atoms with Crippen LogP contribution in [0.4, 0.5) is 0 Å². The molecular weight excluding hydrogens is 244 g/mol. The average Bonchev–Trinajstić information content (AvgIpc) is 2.36. The number of rotatable bonds is 6. The van der Waals surface area contributed by atoms with Gasteiger partial charge in [-0.25, -0.2) is 0 Å². The van der Waals surface area contributed by atoms with E-state index >= 15 is 0 Å². The lowest BCUT2D eigenvalue weighted by atomic mass is 9.99. The summed E-state index contributed by atoms with van der Waals surface area (Å²) in [6, 6.07) is 0. The summed E-state index contributed by atoms with van der Waals surface area (Å²) in [4.78, 5) is 7.12. The predicted molar refractivity (Wildman–Crippen MR) is 82.6 cm³/mol. The van der Waals surface area contributed by atoms with E-state index in [1.54, 1.807) is 0 Å². The van der Waals surface area contributed by atoms with Crippen LogP contribution in [0.15, 0.2) is 4.99 Å². The maximum atomic E-state index is 4.70. The van der Waals surface area contributed by atoms with E-state index in [-0.39, 0.29) is 0 Å². The van der Waals surface area contributed by atoms with Crippen molar-refractivity contribution < 1.29 is 0 Å². The number of hydrogen-bond acceptors (Lipinski definition) is 3. The van der Waals surface area contributed by atoms with E-state index < -0.39 is 0 Å². The molecule has 0 aromatic rings. The molecule has 0 radical (unpaired) electrons. The van der Waals surface area contributed by atoms with Crippen LogP contribution in [0.25, 0.3) is 0 Å². The van der Waals surface area contributed by atoms with Crippen molar-refractivity contribution in [1.29, 1.82) is 0 Å². The molecule has 0 bridgehead atoms. The normalized spacial score (nSPS) is 21.9. The molecule has 18 heavy (non-hydrogen) atoms. The van der Waals surface area contributed by atoms with E-state index in [2.05, 4.69) is 35.8 Å². The summed E-state index contributed by atoms with van der Waals surface area (Å²) in [7, 11) is 2.21. The maximum absolute atomic E-state index is 4.70. The number of nitrogens with one attached hydrogen (secondary N) is 2. The first-order valence-corrected chi connectivity index (χ1v) is 8.35. The molecule has 0 spiro atoms. The second kappa shape index (κ2) is 9.50. The Bertz CT molecular complexity index is 245. The minimum atomic E-state index is 0.722. The SMILES string of the molecule is CCNC(=NCC1CCCN(C)C1)NCCSC. The van der Waals surface area contributed by atoms with Crippen molar-refractivity contribution in [3.63, 3.8) is 0 Å². The first-order chi connectivity index (χ1) is 8.76. The van der Waals surface area contributed by atoms with Crippen LogP contribution in [-0.4, -0.2) is 62.6 Å². The number of hydrogen-bond donors (Lipinski definition) is 2. The van der Waals surface area contributed by atoms with Crippen molar-refractivity contribution in [1.82, 2.24) is 15.5 Å². The number of thioether (sulfide) groups is 1. The second-order valence-electron chi connectivity index (χ2n) is 4.91. The summed E-state index contributed by atoms with van der Waals surface area (Å²) in [5.74, 6) is 2.82. The number of nitrogens with zero attached hydrogens (tertiary/aromatic N) is 2. The molecule has 5 heteroatoms. The van der Waals surface area contributed by atoms with Gasteiger partial charge in [0.2, 0.25) is 0 Å². The molecule has 4 nitrogen and oxygen atoms in total. The van der Waals surface area contributed by atoms with Crippen LogP contribution in [0.1, 0.15) is 19.8 Å². The number of guanidine groups is 1. The molecule has 1 atom stereocenters. The second-order valence-corrected chi connectivity index (χ2v) is 5.90. The first-order valence-electron chi connectivity index (χ1n) is 6.96. The molecule has 0 aromatic carbocycles. The third kappa shape index (κ3) is 6.50. The van der Waals surface area contributed by atoms with E-state index in [9.17, 15) is 0 Å². The summed E-state index contributed by atoms with van der Waals surface area (Å²) < 4.78 is 0. The molecule has 0 aromatic heterocycles. The fourth-order valence-electron chi connectivity index (χ4n) is 2.26. The van der Waals surface area contributed by atoms with Gasteiger partial charge in [0.15, 0.2) is 5.96 Å². The highest BCUT2D eigenvalue weighted by Crippen LogP contribution is 2.14. The molecule has 106 valence electrons. The van der Waals surface area contributed by atoms with Crippen molar-refractivity contribution in [2.45, 2.75) is 19.8 Å². The fraction of sp³-hybridized carbons (Fsp3) is 0.923. The lowest BCUT2D eigenvalue weighted by molar-refractivity contribution is 0.214. The highest BCUT2D eigenvalue weighted by Gasteiger charge is 2.16. The Morgan fingerprint density at radius 2 is 2.28 bits per heavy atom. The van der Waals surface area contributed by atoms with Gasteiger partial charge < -0.3 is 15.5 Å². The molecule has 0 aliphatic carbocycles. The zero-order chi connectivity index (χ0) is 13.2. The maximum Gasteiger partial charge on any atom is 0.191 e. The standard InChI is InChI=1S/C13H28N4S/c1-4-14-13(15-7-9-18-3)16-10-12-6-5-8-17(2)11-12/h12H,4-11H2,1-3H3,(H2,14,15,16). The van der Waals surface area contributed by atoms with E-state index in [1.807, 2.05) is 11.8 Å². The lowest BCUT2D eigenvalue weighted by Gasteiger charge is -2.28. The van der Waals surface area contributed by atoms with Crippen LogP contribution in [0.5, 0.6) is 0 Å². The minimum Gasteiger partial charge on any atom is -0.357 e. The van der Waals surface area contributed by atoms with Gasteiger partial charge >= 0.3 is 0 Å². The smallest absolute Gasteiger partial charge is 0.191 e. The number of aliphatic imine (C=N–C) groups is 1. The Labute approximate surface area is 116 Å². The van der Waals surface area contributed by atoms with Gasteiger partial charge in [-0.2, -0.15) is 11.8 Å². The Balaban J connectivity index is 2.33. The molecule has 1 unspecified atom stereocenters. The molecule has 0 amide bonds. The molecule has 1 aliphatic heterocycles. The van der Waals surface area contributed by atoms with Crippen molar-refractivity contribution >= 4 is 17.7 Å². The Morgan fingerprint density at radius 3 is 2.94 bits per heavy atom. The summed E-state index contributed by atoms with van der Waals surface area (Å²) in [6.45, 7) is 7.40. The van der Waals surface area contributed by atoms with Crippen molar-refractivity contribution in [2.75, 3.05) is 51.8 Å². The summed E-state index contributed by atoms with van der Waals surface area (Å²) in [5.41, 5.74) is 0. The summed E-state index contributed by atoms with van der Waals surface area (Å²) in [6.07, 6.45) is 4.76. The zero-order valence-electron chi connectivity index (χ0n) is 12.0. The fourth-order valence-corrected chi connectivity index (χ4v) is 2.56. The largest absolute Gasteiger partial charge is 0.357 e. The van der Waals surface area contributed by atoms with Gasteiger partial charge in [0.1, 0.15) is 0 Å². The monoisotopic (exact) mass is 272 g/mol. The Kier molecular flexibility index (Phi) is 8.25. The third-order valence-corrected chi connectivity index (χ3v) is 3.78. The highest BCUT2D eigenvalue weighted by atomic mass is 32.2. The molecule has 2 N–H and O–H groups in total. The first kappa shape index (κ1) is 15.6. The third-order valence-electron chi connectivity index (χ3n) is 3.17. The van der Waals surface area contributed by atoms with E-state index in [1.165, 1.54) is 25.9 Å². The predicted octanol–water partition coefficient (Wildman–Crippen LogP) is 1.25. The van der Waals surface area contributed by atoms with Crippen molar-refractivity contribution in [2.24, 2.45) is 10.9 Å². The minimum absolute atomic E-state index is 0.722. The number of likely N-dealkylation sites (tertiary alicyclic amines) is 1. The topological polar surface area (TPSA) is 39.7 Å². The zero-order valence-corrected chi connectivity index (χ0v) is 12.9.